The van der Waals surface area contributed by atoms with Crippen molar-refractivity contribution in [3.8, 4) is 0 Å². The maximum Gasteiger partial charge on any atom is 0.306 e. The van der Waals surface area contributed by atoms with Crippen LogP contribution in [0.4, 0.5) is 0 Å². The minimum atomic E-state index is -1.13. The van der Waals surface area contributed by atoms with Gasteiger partial charge in [0.15, 0.2) is 6.10 Å². The highest BCUT2D eigenvalue weighted by molar-refractivity contribution is 5.70. The fourth-order valence-electron chi connectivity index (χ4n) is 5.77. The number of nitrogens with zero attached hydrogens (tertiary/aromatic N) is 1. The van der Waals surface area contributed by atoms with Crippen LogP contribution in [0.5, 0.6) is 0 Å². The van der Waals surface area contributed by atoms with Crippen LogP contribution in [0, 0.1) is 0 Å². The minimum absolute atomic E-state index is 0.0301. The predicted molar refractivity (Wildman–Crippen MR) is 213 cm³/mol. The standard InChI is InChI=1S/C44H77NO7/c1-6-8-10-12-14-16-18-20-21-23-25-27-29-31-33-35-43(47)52-40(38-50-37-36-41(44(48)49)45(3,4)5)39-51-42(46)34-32-30-28-26-24-22-19-17-15-13-11-9-7-2/h8,10,12,14,16,18,22,24,40-41H,6-7,9,11,13,15,17,19-21,23,25-39H2,1-5H3/b10-8+,14-12+,18-16+,24-22+. The van der Waals surface area contributed by atoms with Crippen molar-refractivity contribution < 1.29 is 38.2 Å². The molecule has 0 aliphatic rings. The normalized spacial score (nSPS) is 13.5. The van der Waals surface area contributed by atoms with Crippen molar-refractivity contribution in [3.05, 3.63) is 48.6 Å². The highest BCUT2D eigenvalue weighted by atomic mass is 16.6. The summed E-state index contributed by atoms with van der Waals surface area (Å²) in [5.41, 5.74) is 0. The molecule has 0 saturated carbocycles. The molecule has 0 aromatic heterocycles. The molecule has 2 unspecified atom stereocenters. The molecule has 2 atom stereocenters. The fraction of sp³-hybridized carbons (Fsp3) is 0.750. The first-order valence-electron chi connectivity index (χ1n) is 20.7. The minimum Gasteiger partial charge on any atom is -0.544 e. The number of ether oxygens (including phenoxy) is 3. The Balaban J connectivity index is 4.43. The number of hydrogen-bond donors (Lipinski definition) is 0. The van der Waals surface area contributed by atoms with E-state index in [4.69, 9.17) is 14.2 Å². The molecule has 0 heterocycles. The number of carbonyl (C=O) groups is 3. The van der Waals surface area contributed by atoms with Gasteiger partial charge in [-0.3, -0.25) is 9.59 Å². The number of carboxylic acids is 1. The van der Waals surface area contributed by atoms with Gasteiger partial charge in [-0.15, -0.1) is 0 Å². The van der Waals surface area contributed by atoms with E-state index in [0.717, 1.165) is 70.6 Å². The van der Waals surface area contributed by atoms with Crippen molar-refractivity contribution >= 4 is 17.9 Å². The quantitative estimate of drug-likeness (QED) is 0.0208. The number of aliphatic carboxylic acids is 1. The summed E-state index contributed by atoms with van der Waals surface area (Å²) < 4.78 is 17.1. The van der Waals surface area contributed by atoms with E-state index in [2.05, 4.69) is 62.5 Å². The lowest BCUT2D eigenvalue weighted by Gasteiger charge is -2.34. The Hall–Kier alpha value is -2.71. The molecule has 0 amide bonds. The van der Waals surface area contributed by atoms with Gasteiger partial charge in [-0.2, -0.15) is 0 Å². The van der Waals surface area contributed by atoms with Gasteiger partial charge in [-0.1, -0.05) is 133 Å². The van der Waals surface area contributed by atoms with Crippen molar-refractivity contribution in [1.82, 2.24) is 0 Å². The Bertz CT molecular complexity index is 995. The molecule has 0 radical (unpaired) electrons. The van der Waals surface area contributed by atoms with Crippen molar-refractivity contribution in [3.63, 3.8) is 0 Å². The van der Waals surface area contributed by atoms with Gasteiger partial charge in [0.1, 0.15) is 12.6 Å². The van der Waals surface area contributed by atoms with Gasteiger partial charge in [-0.05, 0) is 57.8 Å². The maximum atomic E-state index is 12.7. The van der Waals surface area contributed by atoms with E-state index in [0.29, 0.717) is 12.8 Å². The summed E-state index contributed by atoms with van der Waals surface area (Å²) in [6.45, 7) is 4.48. The van der Waals surface area contributed by atoms with Crippen molar-refractivity contribution in [2.45, 2.75) is 174 Å². The zero-order chi connectivity index (χ0) is 38.5. The van der Waals surface area contributed by atoms with Crippen LogP contribution in [0.1, 0.15) is 162 Å². The van der Waals surface area contributed by atoms with Crippen molar-refractivity contribution in [1.29, 1.82) is 0 Å². The third kappa shape index (κ3) is 33.1. The molecule has 300 valence electrons. The van der Waals surface area contributed by atoms with Crippen LogP contribution in [0.2, 0.25) is 0 Å². The largest absolute Gasteiger partial charge is 0.544 e. The zero-order valence-corrected chi connectivity index (χ0v) is 34.0. The molecule has 8 nitrogen and oxygen atoms in total. The van der Waals surface area contributed by atoms with E-state index < -0.39 is 18.1 Å². The first kappa shape index (κ1) is 49.3. The molecule has 0 saturated heterocycles. The van der Waals surface area contributed by atoms with E-state index in [1.807, 2.05) is 0 Å². The number of esters is 2. The average Bonchev–Trinajstić information content (AvgIpc) is 3.09. The van der Waals surface area contributed by atoms with Crippen molar-refractivity contribution in [2.24, 2.45) is 0 Å². The van der Waals surface area contributed by atoms with Crippen LogP contribution in [0.3, 0.4) is 0 Å². The highest BCUT2D eigenvalue weighted by Gasteiger charge is 2.25. The van der Waals surface area contributed by atoms with Gasteiger partial charge < -0.3 is 28.6 Å². The van der Waals surface area contributed by atoms with Crippen LogP contribution in [-0.4, -0.2) is 75.5 Å². The number of rotatable bonds is 36. The number of carboxylic acid groups (broad SMARTS) is 1. The molecule has 0 aliphatic carbocycles. The smallest absolute Gasteiger partial charge is 0.306 e. The van der Waals surface area contributed by atoms with Gasteiger partial charge in [-0.25, -0.2) is 0 Å². The summed E-state index contributed by atoms with van der Waals surface area (Å²) in [5, 5.41) is 11.6. The van der Waals surface area contributed by atoms with Gasteiger partial charge >= 0.3 is 11.9 Å². The van der Waals surface area contributed by atoms with E-state index >= 15 is 0 Å². The Morgan fingerprint density at radius 1 is 0.596 bits per heavy atom. The Morgan fingerprint density at radius 3 is 1.65 bits per heavy atom. The second-order valence-corrected chi connectivity index (χ2v) is 14.9. The number of carbonyl (C=O) groups excluding carboxylic acids is 3. The molecular formula is C44H77NO7. The van der Waals surface area contributed by atoms with Crippen LogP contribution < -0.4 is 5.11 Å². The molecule has 8 heteroatoms. The molecule has 0 bridgehead atoms. The molecule has 0 rings (SSSR count). The summed E-state index contributed by atoms with van der Waals surface area (Å²) in [4.78, 5) is 36.7. The summed E-state index contributed by atoms with van der Waals surface area (Å²) in [5.74, 6) is -1.78. The Kier molecular flexibility index (Phi) is 33.5. The Morgan fingerprint density at radius 2 is 1.10 bits per heavy atom. The lowest BCUT2D eigenvalue weighted by Crippen LogP contribution is -2.55. The maximum absolute atomic E-state index is 12.7. The highest BCUT2D eigenvalue weighted by Crippen LogP contribution is 2.13. The molecular weight excluding hydrogens is 654 g/mol. The van der Waals surface area contributed by atoms with E-state index in [-0.39, 0.29) is 42.7 Å². The van der Waals surface area contributed by atoms with E-state index in [1.54, 1.807) is 21.1 Å². The topological polar surface area (TPSA) is 102 Å². The second kappa shape index (κ2) is 35.3. The predicted octanol–water partition coefficient (Wildman–Crippen LogP) is 9.52. The fourth-order valence-corrected chi connectivity index (χ4v) is 5.77. The van der Waals surface area contributed by atoms with E-state index in [9.17, 15) is 19.5 Å². The van der Waals surface area contributed by atoms with Gasteiger partial charge in [0.25, 0.3) is 0 Å². The van der Waals surface area contributed by atoms with Gasteiger partial charge in [0.2, 0.25) is 0 Å². The lowest BCUT2D eigenvalue weighted by molar-refractivity contribution is -0.889. The number of unbranched alkanes of at least 4 members (excludes halogenated alkanes) is 16. The first-order chi connectivity index (χ1) is 25.1. The SMILES string of the molecule is CC/C=C/C=C/C=C/CCCCCCCCCC(=O)OC(COCCC(C(=O)[O-])[N+](C)(C)C)COC(=O)CCCCC/C=C/CCCCCCCC. The van der Waals surface area contributed by atoms with Crippen LogP contribution >= 0.6 is 0 Å². The number of allylic oxidation sites excluding steroid dienone is 8. The third-order valence-corrected chi connectivity index (χ3v) is 9.01. The lowest BCUT2D eigenvalue weighted by atomic mass is 10.1. The van der Waals surface area contributed by atoms with Gasteiger partial charge in [0.05, 0.1) is 40.3 Å². The zero-order valence-electron chi connectivity index (χ0n) is 34.0. The number of quaternary nitrogens is 1. The van der Waals surface area contributed by atoms with Gasteiger partial charge in [0, 0.05) is 19.3 Å². The summed E-state index contributed by atoms with van der Waals surface area (Å²) in [7, 11) is 5.39. The number of hydrogen-bond acceptors (Lipinski definition) is 7. The van der Waals surface area contributed by atoms with Crippen LogP contribution in [0.25, 0.3) is 0 Å². The van der Waals surface area contributed by atoms with Crippen molar-refractivity contribution in [2.75, 3.05) is 41.0 Å². The molecule has 0 aliphatic heterocycles. The molecule has 52 heavy (non-hydrogen) atoms. The average molecular weight is 732 g/mol. The molecule has 0 N–H and O–H groups in total. The second-order valence-electron chi connectivity index (χ2n) is 14.9. The molecule has 0 spiro atoms. The summed E-state index contributed by atoms with van der Waals surface area (Å²) in [6, 6.07) is -0.730. The van der Waals surface area contributed by atoms with Crippen LogP contribution in [-0.2, 0) is 28.6 Å². The summed E-state index contributed by atoms with van der Waals surface area (Å²) in [6.07, 6.45) is 39.9. The summed E-state index contributed by atoms with van der Waals surface area (Å²) >= 11 is 0. The monoisotopic (exact) mass is 732 g/mol. The third-order valence-electron chi connectivity index (χ3n) is 9.01. The molecule has 0 fully saturated rings. The molecule has 0 aromatic carbocycles. The molecule has 0 aromatic rings. The first-order valence-corrected chi connectivity index (χ1v) is 20.7. The van der Waals surface area contributed by atoms with Crippen LogP contribution in [0.15, 0.2) is 48.6 Å². The Labute approximate surface area is 318 Å². The van der Waals surface area contributed by atoms with E-state index in [1.165, 1.54) is 57.8 Å². The number of likely N-dealkylation sites (N-methyl/N-ethyl adjacent to an activating group) is 1.